The van der Waals surface area contributed by atoms with Crippen LogP contribution in [0.1, 0.15) is 19.4 Å². The van der Waals surface area contributed by atoms with Crippen LogP contribution in [0.3, 0.4) is 0 Å². The summed E-state index contributed by atoms with van der Waals surface area (Å²) in [5.74, 6) is -1.56. The molecule has 6 nitrogen and oxygen atoms in total. The van der Waals surface area contributed by atoms with Crippen LogP contribution in [0.4, 0.5) is 0 Å². The predicted octanol–water partition coefficient (Wildman–Crippen LogP) is 1.11. The number of nitrogens with zero attached hydrogens (tertiary/aromatic N) is 1. The van der Waals surface area contributed by atoms with E-state index in [9.17, 15) is 14.7 Å². The van der Waals surface area contributed by atoms with E-state index in [-0.39, 0.29) is 11.8 Å². The maximum atomic E-state index is 12.3. The molecule has 1 unspecified atom stereocenters. The first-order valence-electron chi connectivity index (χ1n) is 7.88. The fourth-order valence-electron chi connectivity index (χ4n) is 2.61. The zero-order valence-electron chi connectivity index (χ0n) is 13.6. The van der Waals surface area contributed by atoms with E-state index in [0.717, 1.165) is 13.1 Å². The van der Waals surface area contributed by atoms with Crippen LogP contribution in [0, 0.1) is 5.92 Å². The van der Waals surface area contributed by atoms with E-state index in [1.807, 2.05) is 30.3 Å². The standard InChI is InChI=1S/C17H24N2O4/c1-12(2)15(17(21)22)18-16(20)14-11-19(8-9-23-14)10-13-6-4-3-5-7-13/h3-7,12,14-15H,8-11H2,1-2H3,(H,18,20)(H,21,22)/t14?,15-/m1/s1. The van der Waals surface area contributed by atoms with Crippen molar-refractivity contribution in [2.75, 3.05) is 19.7 Å². The Hall–Kier alpha value is -1.92. The Bertz CT molecular complexity index is 533. The predicted molar refractivity (Wildman–Crippen MR) is 85.9 cm³/mol. The van der Waals surface area contributed by atoms with Gasteiger partial charge in [-0.1, -0.05) is 44.2 Å². The number of benzene rings is 1. The second-order valence-corrected chi connectivity index (χ2v) is 6.15. The molecule has 2 N–H and O–H groups in total. The second-order valence-electron chi connectivity index (χ2n) is 6.15. The third-order valence-electron chi connectivity index (χ3n) is 3.92. The van der Waals surface area contributed by atoms with Crippen molar-refractivity contribution in [3.63, 3.8) is 0 Å². The molecule has 0 aromatic heterocycles. The smallest absolute Gasteiger partial charge is 0.326 e. The van der Waals surface area contributed by atoms with Crippen molar-refractivity contribution in [1.29, 1.82) is 0 Å². The van der Waals surface area contributed by atoms with Gasteiger partial charge in [0.2, 0.25) is 0 Å². The third kappa shape index (κ3) is 5.04. The van der Waals surface area contributed by atoms with Crippen LogP contribution in [-0.4, -0.2) is 53.7 Å². The van der Waals surface area contributed by atoms with Crippen LogP contribution in [0.5, 0.6) is 0 Å². The number of morpholine rings is 1. The summed E-state index contributed by atoms with van der Waals surface area (Å²) in [5.41, 5.74) is 1.18. The highest BCUT2D eigenvalue weighted by Gasteiger charge is 2.31. The molecule has 1 fully saturated rings. The summed E-state index contributed by atoms with van der Waals surface area (Å²) in [6.45, 7) is 5.96. The molecule has 1 aromatic rings. The number of carbonyl (C=O) groups is 2. The zero-order valence-corrected chi connectivity index (χ0v) is 13.6. The van der Waals surface area contributed by atoms with E-state index in [4.69, 9.17) is 4.74 Å². The van der Waals surface area contributed by atoms with Gasteiger partial charge in [0, 0.05) is 19.6 Å². The lowest BCUT2D eigenvalue weighted by Gasteiger charge is -2.33. The molecule has 2 atom stereocenters. The molecule has 1 saturated heterocycles. The topological polar surface area (TPSA) is 78.9 Å². The number of hydrogen-bond acceptors (Lipinski definition) is 4. The average molecular weight is 320 g/mol. The summed E-state index contributed by atoms with van der Waals surface area (Å²) in [4.78, 5) is 25.6. The van der Waals surface area contributed by atoms with Gasteiger partial charge in [0.25, 0.3) is 5.91 Å². The molecule has 0 saturated carbocycles. The number of rotatable bonds is 6. The van der Waals surface area contributed by atoms with Gasteiger partial charge in [-0.25, -0.2) is 4.79 Å². The SMILES string of the molecule is CC(C)[C@@H](NC(=O)C1CN(Cc2ccccc2)CCO1)C(=O)O. The van der Waals surface area contributed by atoms with Gasteiger partial charge in [0.1, 0.15) is 12.1 Å². The van der Waals surface area contributed by atoms with E-state index < -0.39 is 18.1 Å². The highest BCUT2D eigenvalue weighted by Crippen LogP contribution is 2.11. The summed E-state index contributed by atoms with van der Waals surface area (Å²) in [7, 11) is 0. The zero-order chi connectivity index (χ0) is 16.8. The highest BCUT2D eigenvalue weighted by atomic mass is 16.5. The first kappa shape index (κ1) is 17.4. The number of nitrogens with one attached hydrogen (secondary N) is 1. The molecule has 2 rings (SSSR count). The van der Waals surface area contributed by atoms with Crippen molar-refractivity contribution in [2.45, 2.75) is 32.5 Å². The molecular formula is C17H24N2O4. The quantitative estimate of drug-likeness (QED) is 0.821. The number of aliphatic carboxylic acids is 1. The summed E-state index contributed by atoms with van der Waals surface area (Å²) in [5, 5.41) is 11.8. The Kier molecular flexibility index (Phi) is 6.12. The third-order valence-corrected chi connectivity index (χ3v) is 3.92. The normalized spacial score (nSPS) is 20.2. The molecular weight excluding hydrogens is 296 g/mol. The van der Waals surface area contributed by atoms with Crippen LogP contribution in [-0.2, 0) is 20.9 Å². The minimum absolute atomic E-state index is 0.180. The number of carboxylic acid groups (broad SMARTS) is 1. The van der Waals surface area contributed by atoms with E-state index in [1.54, 1.807) is 13.8 Å². The summed E-state index contributed by atoms with van der Waals surface area (Å²) < 4.78 is 5.52. The summed E-state index contributed by atoms with van der Waals surface area (Å²) in [6, 6.07) is 9.14. The van der Waals surface area contributed by atoms with E-state index in [1.165, 1.54) is 5.56 Å². The van der Waals surface area contributed by atoms with Gasteiger partial charge >= 0.3 is 5.97 Å². The lowest BCUT2D eigenvalue weighted by Crippen LogP contribution is -2.54. The molecule has 1 aromatic carbocycles. The number of carbonyl (C=O) groups excluding carboxylic acids is 1. The van der Waals surface area contributed by atoms with Gasteiger partial charge in [-0.2, -0.15) is 0 Å². The van der Waals surface area contributed by atoms with Gasteiger partial charge in [-0.05, 0) is 11.5 Å². The second kappa shape index (κ2) is 8.08. The molecule has 0 aliphatic carbocycles. The maximum absolute atomic E-state index is 12.3. The molecule has 1 aliphatic rings. The van der Waals surface area contributed by atoms with E-state index in [2.05, 4.69) is 10.2 Å². The lowest BCUT2D eigenvalue weighted by atomic mass is 10.0. The van der Waals surface area contributed by atoms with Crippen molar-refractivity contribution < 1.29 is 19.4 Å². The molecule has 6 heteroatoms. The molecule has 0 radical (unpaired) electrons. The van der Waals surface area contributed by atoms with Crippen LogP contribution >= 0.6 is 0 Å². The molecule has 1 aliphatic heterocycles. The van der Waals surface area contributed by atoms with Crippen molar-refractivity contribution in [3.8, 4) is 0 Å². The monoisotopic (exact) mass is 320 g/mol. The number of ether oxygens (including phenoxy) is 1. The van der Waals surface area contributed by atoms with Crippen molar-refractivity contribution >= 4 is 11.9 Å². The average Bonchev–Trinajstić information content (AvgIpc) is 2.53. The minimum atomic E-state index is -1.02. The van der Waals surface area contributed by atoms with Gasteiger partial charge in [0.05, 0.1) is 6.61 Å². The maximum Gasteiger partial charge on any atom is 0.326 e. The fraction of sp³-hybridized carbons (Fsp3) is 0.529. The number of hydrogen-bond donors (Lipinski definition) is 2. The molecule has 23 heavy (non-hydrogen) atoms. The summed E-state index contributed by atoms with van der Waals surface area (Å²) in [6.07, 6.45) is -0.631. The van der Waals surface area contributed by atoms with Crippen LogP contribution in [0.2, 0.25) is 0 Å². The fourth-order valence-corrected chi connectivity index (χ4v) is 2.61. The summed E-state index contributed by atoms with van der Waals surface area (Å²) >= 11 is 0. The van der Waals surface area contributed by atoms with E-state index >= 15 is 0 Å². The Morgan fingerprint density at radius 3 is 2.65 bits per heavy atom. The van der Waals surface area contributed by atoms with Crippen LogP contribution < -0.4 is 5.32 Å². The highest BCUT2D eigenvalue weighted by molar-refractivity contribution is 5.86. The van der Waals surface area contributed by atoms with Gasteiger partial charge in [0.15, 0.2) is 0 Å². The van der Waals surface area contributed by atoms with Gasteiger partial charge in [-0.15, -0.1) is 0 Å². The lowest BCUT2D eigenvalue weighted by molar-refractivity contribution is -0.148. The number of amides is 1. The van der Waals surface area contributed by atoms with Crippen molar-refractivity contribution in [1.82, 2.24) is 10.2 Å². The number of carboxylic acids is 1. The first-order chi connectivity index (χ1) is 11.0. The Balaban J connectivity index is 1.92. The molecule has 126 valence electrons. The molecule has 1 heterocycles. The van der Waals surface area contributed by atoms with Crippen LogP contribution in [0.25, 0.3) is 0 Å². The Morgan fingerprint density at radius 1 is 1.35 bits per heavy atom. The van der Waals surface area contributed by atoms with Crippen molar-refractivity contribution in [3.05, 3.63) is 35.9 Å². The van der Waals surface area contributed by atoms with Gasteiger partial charge < -0.3 is 15.2 Å². The molecule has 0 bridgehead atoms. The Labute approximate surface area is 136 Å². The van der Waals surface area contributed by atoms with Crippen molar-refractivity contribution in [2.24, 2.45) is 5.92 Å². The largest absolute Gasteiger partial charge is 0.480 e. The minimum Gasteiger partial charge on any atom is -0.480 e. The van der Waals surface area contributed by atoms with Gasteiger partial charge in [-0.3, -0.25) is 9.69 Å². The molecule has 0 spiro atoms. The van der Waals surface area contributed by atoms with E-state index in [0.29, 0.717) is 13.2 Å². The molecule has 1 amide bonds. The first-order valence-corrected chi connectivity index (χ1v) is 7.88. The van der Waals surface area contributed by atoms with Crippen LogP contribution in [0.15, 0.2) is 30.3 Å². The Morgan fingerprint density at radius 2 is 2.04 bits per heavy atom.